The molecule has 1 amide bonds. The zero-order valence-electron chi connectivity index (χ0n) is 9.59. The van der Waals surface area contributed by atoms with Crippen LogP contribution in [0.1, 0.15) is 15.9 Å². The summed E-state index contributed by atoms with van der Waals surface area (Å²) in [6.45, 7) is 0.396. The fourth-order valence-corrected chi connectivity index (χ4v) is 1.39. The summed E-state index contributed by atoms with van der Waals surface area (Å²) in [5.74, 6) is -2.04. The molecule has 0 aliphatic heterocycles. The highest BCUT2D eigenvalue weighted by Gasteiger charge is 2.34. The van der Waals surface area contributed by atoms with Gasteiger partial charge in [-0.05, 0) is 18.2 Å². The van der Waals surface area contributed by atoms with Crippen LogP contribution in [0.4, 0.5) is 17.6 Å². The Labute approximate surface area is 101 Å². The Morgan fingerprint density at radius 1 is 1.39 bits per heavy atom. The standard InChI is InChI=1S/C11H12F4N2O/c1-17(5-4-16)10(18)7-2-3-9(12)8(6-7)11(13,14)15/h2-3,6H,4-5,16H2,1H3. The number of rotatable bonds is 3. The lowest BCUT2D eigenvalue weighted by Gasteiger charge is -2.17. The number of benzene rings is 1. The number of likely N-dealkylation sites (N-methyl/N-ethyl adjacent to an activating group) is 1. The number of carbonyl (C=O) groups excluding carboxylic acids is 1. The van der Waals surface area contributed by atoms with Crippen molar-refractivity contribution in [1.29, 1.82) is 0 Å². The largest absolute Gasteiger partial charge is 0.419 e. The fourth-order valence-electron chi connectivity index (χ4n) is 1.39. The zero-order valence-corrected chi connectivity index (χ0v) is 9.59. The molecule has 0 saturated heterocycles. The van der Waals surface area contributed by atoms with Gasteiger partial charge in [0.25, 0.3) is 5.91 Å². The first-order valence-corrected chi connectivity index (χ1v) is 5.09. The summed E-state index contributed by atoms with van der Waals surface area (Å²) in [6.07, 6.45) is -4.83. The molecule has 2 N–H and O–H groups in total. The molecule has 0 atom stereocenters. The van der Waals surface area contributed by atoms with E-state index in [0.717, 1.165) is 6.07 Å². The molecule has 3 nitrogen and oxygen atoms in total. The van der Waals surface area contributed by atoms with Gasteiger partial charge in [-0.1, -0.05) is 0 Å². The highest BCUT2D eigenvalue weighted by Crippen LogP contribution is 2.32. The van der Waals surface area contributed by atoms with Crippen LogP contribution in [0.5, 0.6) is 0 Å². The first-order chi connectivity index (χ1) is 8.27. The van der Waals surface area contributed by atoms with E-state index in [-0.39, 0.29) is 18.7 Å². The minimum Gasteiger partial charge on any atom is -0.340 e. The topological polar surface area (TPSA) is 46.3 Å². The monoisotopic (exact) mass is 264 g/mol. The van der Waals surface area contributed by atoms with Crippen molar-refractivity contribution in [2.45, 2.75) is 6.18 Å². The molecule has 1 aromatic carbocycles. The van der Waals surface area contributed by atoms with Crippen molar-refractivity contribution in [3.63, 3.8) is 0 Å². The summed E-state index contributed by atoms with van der Waals surface area (Å²) in [5.41, 5.74) is 3.56. The molecule has 0 spiro atoms. The van der Waals surface area contributed by atoms with Crippen molar-refractivity contribution in [3.05, 3.63) is 35.1 Å². The average Bonchev–Trinajstić information content (AvgIpc) is 2.27. The maximum atomic E-state index is 13.0. The van der Waals surface area contributed by atoms with Crippen LogP contribution in [0.2, 0.25) is 0 Å². The van der Waals surface area contributed by atoms with E-state index in [1.807, 2.05) is 0 Å². The second-order valence-corrected chi connectivity index (χ2v) is 3.71. The van der Waals surface area contributed by atoms with E-state index in [1.165, 1.54) is 11.9 Å². The molecular weight excluding hydrogens is 252 g/mol. The Hall–Kier alpha value is -1.63. The van der Waals surface area contributed by atoms with Gasteiger partial charge < -0.3 is 10.6 Å². The molecule has 0 fully saturated rings. The van der Waals surface area contributed by atoms with E-state index in [1.54, 1.807) is 0 Å². The number of amides is 1. The molecule has 0 radical (unpaired) electrons. The highest BCUT2D eigenvalue weighted by molar-refractivity contribution is 5.94. The first kappa shape index (κ1) is 14.4. The fraction of sp³-hybridized carbons (Fsp3) is 0.364. The van der Waals surface area contributed by atoms with Gasteiger partial charge in [0.15, 0.2) is 0 Å². The number of alkyl halides is 3. The molecule has 18 heavy (non-hydrogen) atoms. The second kappa shape index (κ2) is 5.34. The average molecular weight is 264 g/mol. The van der Waals surface area contributed by atoms with Crippen molar-refractivity contribution in [3.8, 4) is 0 Å². The van der Waals surface area contributed by atoms with Crippen LogP contribution in [0.3, 0.4) is 0 Å². The number of halogens is 4. The SMILES string of the molecule is CN(CCN)C(=O)c1ccc(F)c(C(F)(F)F)c1. The van der Waals surface area contributed by atoms with Gasteiger partial charge in [0.05, 0.1) is 5.56 Å². The van der Waals surface area contributed by atoms with Crippen molar-refractivity contribution >= 4 is 5.91 Å². The first-order valence-electron chi connectivity index (χ1n) is 5.09. The summed E-state index contributed by atoms with van der Waals surface area (Å²) in [6, 6.07) is 2.15. The van der Waals surface area contributed by atoms with Crippen molar-refractivity contribution in [2.75, 3.05) is 20.1 Å². The smallest absolute Gasteiger partial charge is 0.340 e. The highest BCUT2D eigenvalue weighted by atomic mass is 19.4. The van der Waals surface area contributed by atoms with E-state index in [2.05, 4.69) is 0 Å². The molecule has 0 aromatic heterocycles. The Morgan fingerprint density at radius 3 is 2.50 bits per heavy atom. The van der Waals surface area contributed by atoms with Crippen LogP contribution in [0, 0.1) is 5.82 Å². The lowest BCUT2D eigenvalue weighted by Crippen LogP contribution is -2.31. The Morgan fingerprint density at radius 2 is 2.00 bits per heavy atom. The number of nitrogens with two attached hydrogens (primary N) is 1. The minimum atomic E-state index is -4.83. The third kappa shape index (κ3) is 3.19. The van der Waals surface area contributed by atoms with Gasteiger partial charge in [0, 0.05) is 25.7 Å². The molecular formula is C11H12F4N2O. The number of nitrogens with zero attached hydrogens (tertiary/aromatic N) is 1. The molecule has 1 aromatic rings. The maximum absolute atomic E-state index is 13.0. The molecule has 0 aliphatic rings. The quantitative estimate of drug-likeness (QED) is 0.847. The summed E-state index contributed by atoms with van der Waals surface area (Å²) in [5, 5.41) is 0. The summed E-state index contributed by atoms with van der Waals surface area (Å²) >= 11 is 0. The van der Waals surface area contributed by atoms with Gasteiger partial charge in [-0.15, -0.1) is 0 Å². The van der Waals surface area contributed by atoms with E-state index < -0.39 is 23.5 Å². The van der Waals surface area contributed by atoms with Crippen molar-refractivity contribution in [2.24, 2.45) is 5.73 Å². The van der Waals surface area contributed by atoms with E-state index in [0.29, 0.717) is 12.1 Å². The van der Waals surface area contributed by atoms with Gasteiger partial charge >= 0.3 is 6.18 Å². The Kier molecular flexibility index (Phi) is 4.28. The lowest BCUT2D eigenvalue weighted by molar-refractivity contribution is -0.140. The molecule has 0 bridgehead atoms. The van der Waals surface area contributed by atoms with Crippen molar-refractivity contribution in [1.82, 2.24) is 4.90 Å². The van der Waals surface area contributed by atoms with E-state index in [4.69, 9.17) is 5.73 Å². The minimum absolute atomic E-state index is 0.190. The van der Waals surface area contributed by atoms with Gasteiger partial charge in [-0.25, -0.2) is 4.39 Å². The Balaban J connectivity index is 3.09. The summed E-state index contributed by atoms with van der Waals surface area (Å²) in [7, 11) is 1.41. The van der Waals surface area contributed by atoms with E-state index in [9.17, 15) is 22.4 Å². The van der Waals surface area contributed by atoms with Crippen LogP contribution < -0.4 is 5.73 Å². The molecule has 0 unspecified atom stereocenters. The van der Waals surface area contributed by atoms with Crippen LogP contribution >= 0.6 is 0 Å². The zero-order chi connectivity index (χ0) is 13.9. The number of hydrogen-bond acceptors (Lipinski definition) is 2. The molecule has 0 saturated carbocycles. The van der Waals surface area contributed by atoms with Crippen LogP contribution in [-0.2, 0) is 6.18 Å². The number of hydrogen-bond donors (Lipinski definition) is 1. The predicted molar refractivity (Wildman–Crippen MR) is 57.4 cm³/mol. The maximum Gasteiger partial charge on any atom is 0.419 e. The molecule has 7 heteroatoms. The van der Waals surface area contributed by atoms with Gasteiger partial charge in [0.1, 0.15) is 5.82 Å². The van der Waals surface area contributed by atoms with E-state index >= 15 is 0 Å². The molecule has 1 rings (SSSR count). The Bertz CT molecular complexity index is 445. The van der Waals surface area contributed by atoms with Gasteiger partial charge in [0.2, 0.25) is 0 Å². The van der Waals surface area contributed by atoms with Crippen LogP contribution in [0.25, 0.3) is 0 Å². The third-order valence-corrected chi connectivity index (χ3v) is 2.33. The van der Waals surface area contributed by atoms with Gasteiger partial charge in [-0.3, -0.25) is 4.79 Å². The van der Waals surface area contributed by atoms with Crippen LogP contribution in [-0.4, -0.2) is 30.9 Å². The van der Waals surface area contributed by atoms with Crippen LogP contribution in [0.15, 0.2) is 18.2 Å². The van der Waals surface area contributed by atoms with Crippen molar-refractivity contribution < 1.29 is 22.4 Å². The molecule has 100 valence electrons. The summed E-state index contributed by atoms with van der Waals surface area (Å²) in [4.78, 5) is 12.9. The van der Waals surface area contributed by atoms with Gasteiger partial charge in [-0.2, -0.15) is 13.2 Å². The lowest BCUT2D eigenvalue weighted by atomic mass is 10.1. The number of carbonyl (C=O) groups is 1. The molecule has 0 aliphatic carbocycles. The normalized spacial score (nSPS) is 11.4. The third-order valence-electron chi connectivity index (χ3n) is 2.33. The molecule has 0 heterocycles. The second-order valence-electron chi connectivity index (χ2n) is 3.71. The summed E-state index contributed by atoms with van der Waals surface area (Å²) < 4.78 is 50.4. The predicted octanol–water partition coefficient (Wildman–Crippen LogP) is 1.88.